The summed E-state index contributed by atoms with van der Waals surface area (Å²) in [4.78, 5) is 2.51. The van der Waals surface area contributed by atoms with Gasteiger partial charge < -0.3 is 15.0 Å². The molecule has 1 unspecified atom stereocenters. The lowest BCUT2D eigenvalue weighted by atomic mass is 9.78. The maximum absolute atomic E-state index is 5.47. The van der Waals surface area contributed by atoms with Crippen molar-refractivity contribution in [1.82, 2.24) is 10.2 Å². The van der Waals surface area contributed by atoms with Gasteiger partial charge in [-0.2, -0.15) is 0 Å². The van der Waals surface area contributed by atoms with E-state index >= 15 is 0 Å². The molecule has 1 N–H and O–H groups in total. The van der Waals surface area contributed by atoms with Crippen molar-refractivity contribution in [2.45, 2.75) is 39.7 Å². The summed E-state index contributed by atoms with van der Waals surface area (Å²) in [7, 11) is 4.08. The van der Waals surface area contributed by atoms with Crippen LogP contribution in [0.3, 0.4) is 0 Å². The number of methoxy groups -OCH3 is 1. The van der Waals surface area contributed by atoms with Gasteiger partial charge in [0, 0.05) is 25.1 Å². The second-order valence-corrected chi connectivity index (χ2v) is 6.08. The van der Waals surface area contributed by atoms with Crippen LogP contribution in [0.25, 0.3) is 0 Å². The highest BCUT2D eigenvalue weighted by Crippen LogP contribution is 2.31. The summed E-state index contributed by atoms with van der Waals surface area (Å²) < 4.78 is 5.47. The lowest BCUT2D eigenvalue weighted by Crippen LogP contribution is -2.49. The molecule has 0 spiro atoms. The summed E-state index contributed by atoms with van der Waals surface area (Å²) in [5, 5.41) is 3.45. The molecule has 0 aromatic carbocycles. The van der Waals surface area contributed by atoms with Gasteiger partial charge in [0.05, 0.1) is 6.61 Å². The molecule has 0 bridgehead atoms. The van der Waals surface area contributed by atoms with E-state index in [4.69, 9.17) is 4.74 Å². The minimum atomic E-state index is 0.359. The van der Waals surface area contributed by atoms with E-state index in [1.54, 1.807) is 0 Å². The summed E-state index contributed by atoms with van der Waals surface area (Å²) >= 11 is 0. The van der Waals surface area contributed by atoms with Crippen molar-refractivity contribution in [1.29, 1.82) is 0 Å². The number of piperidine rings is 1. The molecule has 0 saturated carbocycles. The quantitative estimate of drug-likeness (QED) is 0.771. The Morgan fingerprint density at radius 1 is 1.24 bits per heavy atom. The molecule has 0 amide bonds. The van der Waals surface area contributed by atoms with Gasteiger partial charge in [-0.15, -0.1) is 0 Å². The van der Waals surface area contributed by atoms with Crippen LogP contribution in [-0.2, 0) is 4.74 Å². The fourth-order valence-corrected chi connectivity index (χ4v) is 2.79. The van der Waals surface area contributed by atoms with Gasteiger partial charge in [0.15, 0.2) is 0 Å². The van der Waals surface area contributed by atoms with Gasteiger partial charge in [-0.3, -0.25) is 0 Å². The van der Waals surface area contributed by atoms with Crippen molar-refractivity contribution in [2.24, 2.45) is 11.3 Å². The zero-order valence-electron chi connectivity index (χ0n) is 12.3. The normalized spacial score (nSPS) is 22.1. The molecule has 0 aromatic rings. The number of nitrogens with one attached hydrogen (secondary N) is 1. The first-order chi connectivity index (χ1) is 8.01. The second-order valence-electron chi connectivity index (χ2n) is 6.08. The first-order valence-corrected chi connectivity index (χ1v) is 6.91. The fourth-order valence-electron chi connectivity index (χ4n) is 2.79. The third-order valence-electron chi connectivity index (χ3n) is 4.36. The third-order valence-corrected chi connectivity index (χ3v) is 4.36. The minimum Gasteiger partial charge on any atom is -0.384 e. The van der Waals surface area contributed by atoms with E-state index < -0.39 is 0 Å². The molecule has 1 aliphatic heterocycles. The van der Waals surface area contributed by atoms with Gasteiger partial charge in [0.25, 0.3) is 0 Å². The Morgan fingerprint density at radius 3 is 2.29 bits per heavy atom. The van der Waals surface area contributed by atoms with Crippen LogP contribution in [0.2, 0.25) is 0 Å². The topological polar surface area (TPSA) is 24.5 Å². The van der Waals surface area contributed by atoms with E-state index in [2.05, 4.69) is 38.0 Å². The van der Waals surface area contributed by atoms with Crippen molar-refractivity contribution in [3.63, 3.8) is 0 Å². The first kappa shape index (κ1) is 14.9. The monoisotopic (exact) mass is 242 g/mol. The van der Waals surface area contributed by atoms with E-state index in [-0.39, 0.29) is 0 Å². The van der Waals surface area contributed by atoms with Crippen LogP contribution >= 0.6 is 0 Å². The van der Waals surface area contributed by atoms with Crippen molar-refractivity contribution < 1.29 is 4.74 Å². The smallest absolute Gasteiger partial charge is 0.0531 e. The summed E-state index contributed by atoms with van der Waals surface area (Å²) in [6.45, 7) is 11.2. The molecule has 3 nitrogen and oxygen atoms in total. The summed E-state index contributed by atoms with van der Waals surface area (Å²) in [5.41, 5.74) is 0.359. The van der Waals surface area contributed by atoms with E-state index in [9.17, 15) is 0 Å². The molecule has 1 fully saturated rings. The summed E-state index contributed by atoms with van der Waals surface area (Å²) in [6, 6.07) is 0.638. The standard InChI is InChI=1S/C14H30N2O/c1-12(2)13(3)16(4)10-14(11-17-5)6-8-15-9-7-14/h12-13,15H,6-11H2,1-5H3. The van der Waals surface area contributed by atoms with Gasteiger partial charge >= 0.3 is 0 Å². The Labute approximate surface area is 107 Å². The first-order valence-electron chi connectivity index (χ1n) is 6.91. The minimum absolute atomic E-state index is 0.359. The largest absolute Gasteiger partial charge is 0.384 e. The summed E-state index contributed by atoms with van der Waals surface area (Å²) in [5.74, 6) is 0.710. The van der Waals surface area contributed by atoms with Gasteiger partial charge in [-0.05, 0) is 45.8 Å². The molecule has 1 saturated heterocycles. The fraction of sp³-hybridized carbons (Fsp3) is 1.00. The number of hydrogen-bond acceptors (Lipinski definition) is 3. The molecule has 1 aliphatic rings. The molecule has 0 aromatic heterocycles. The molecule has 0 aliphatic carbocycles. The Kier molecular flexibility index (Phi) is 5.90. The van der Waals surface area contributed by atoms with Crippen LogP contribution < -0.4 is 5.32 Å². The van der Waals surface area contributed by atoms with Gasteiger partial charge in [-0.25, -0.2) is 0 Å². The Morgan fingerprint density at radius 2 is 1.82 bits per heavy atom. The lowest BCUT2D eigenvalue weighted by Gasteiger charge is -2.42. The van der Waals surface area contributed by atoms with Crippen LogP contribution in [0, 0.1) is 11.3 Å². The average Bonchev–Trinajstić information content (AvgIpc) is 2.29. The van der Waals surface area contributed by atoms with Crippen molar-refractivity contribution in [3.05, 3.63) is 0 Å². The lowest BCUT2D eigenvalue weighted by molar-refractivity contribution is 0.0155. The molecule has 17 heavy (non-hydrogen) atoms. The van der Waals surface area contributed by atoms with E-state index in [0.717, 1.165) is 26.2 Å². The van der Waals surface area contributed by atoms with Crippen LogP contribution in [0.1, 0.15) is 33.6 Å². The average molecular weight is 242 g/mol. The molecule has 1 rings (SSSR count). The molecule has 102 valence electrons. The number of rotatable bonds is 6. The summed E-state index contributed by atoms with van der Waals surface area (Å²) in [6.07, 6.45) is 2.46. The van der Waals surface area contributed by atoms with Gasteiger partial charge in [0.2, 0.25) is 0 Å². The highest BCUT2D eigenvalue weighted by molar-refractivity contribution is 4.88. The molecule has 0 radical (unpaired) electrons. The Balaban J connectivity index is 2.59. The zero-order chi connectivity index (χ0) is 12.9. The zero-order valence-corrected chi connectivity index (χ0v) is 12.3. The molecule has 1 atom stereocenters. The molecule has 1 heterocycles. The maximum Gasteiger partial charge on any atom is 0.0531 e. The van der Waals surface area contributed by atoms with E-state index in [1.165, 1.54) is 12.8 Å². The van der Waals surface area contributed by atoms with Gasteiger partial charge in [0.1, 0.15) is 0 Å². The number of nitrogens with zero attached hydrogens (tertiary/aromatic N) is 1. The Bertz CT molecular complexity index is 207. The van der Waals surface area contributed by atoms with Crippen LogP contribution in [0.15, 0.2) is 0 Å². The van der Waals surface area contributed by atoms with E-state index in [0.29, 0.717) is 17.4 Å². The maximum atomic E-state index is 5.47. The van der Waals surface area contributed by atoms with Crippen LogP contribution in [0.5, 0.6) is 0 Å². The molecular weight excluding hydrogens is 212 g/mol. The van der Waals surface area contributed by atoms with Crippen molar-refractivity contribution in [3.8, 4) is 0 Å². The van der Waals surface area contributed by atoms with Crippen LogP contribution in [0.4, 0.5) is 0 Å². The molecule has 3 heteroatoms. The van der Waals surface area contributed by atoms with Crippen molar-refractivity contribution >= 4 is 0 Å². The van der Waals surface area contributed by atoms with Crippen LogP contribution in [-0.4, -0.2) is 51.3 Å². The Hall–Kier alpha value is -0.120. The second kappa shape index (κ2) is 6.72. The number of hydrogen-bond donors (Lipinski definition) is 1. The van der Waals surface area contributed by atoms with Crippen molar-refractivity contribution in [2.75, 3.05) is 40.4 Å². The highest BCUT2D eigenvalue weighted by Gasteiger charge is 2.34. The van der Waals surface area contributed by atoms with Gasteiger partial charge in [-0.1, -0.05) is 13.8 Å². The highest BCUT2D eigenvalue weighted by atomic mass is 16.5. The SMILES string of the molecule is COCC1(CN(C)C(C)C(C)C)CCNCC1. The number of ether oxygens (including phenoxy) is 1. The van der Waals surface area contributed by atoms with E-state index in [1.807, 2.05) is 7.11 Å². The predicted octanol–water partition coefficient (Wildman–Crippen LogP) is 1.98. The third kappa shape index (κ3) is 4.23. The predicted molar refractivity (Wildman–Crippen MR) is 73.3 cm³/mol. The molecular formula is C14H30N2O.